The molecule has 9 heteroatoms. The van der Waals surface area contributed by atoms with Crippen LogP contribution in [0.25, 0.3) is 10.9 Å². The molecule has 2 aliphatic rings. The Hall–Kier alpha value is -3.39. The van der Waals surface area contributed by atoms with E-state index in [0.29, 0.717) is 42.1 Å². The molecule has 0 radical (unpaired) electrons. The summed E-state index contributed by atoms with van der Waals surface area (Å²) in [5.74, 6) is -1.47. The Morgan fingerprint density at radius 2 is 1.75 bits per heavy atom. The van der Waals surface area contributed by atoms with Crippen molar-refractivity contribution < 1.29 is 18.8 Å². The van der Waals surface area contributed by atoms with Crippen molar-refractivity contribution in [2.24, 2.45) is 0 Å². The van der Waals surface area contributed by atoms with Crippen LogP contribution in [0.1, 0.15) is 65.7 Å². The zero-order chi connectivity index (χ0) is 25.2. The van der Waals surface area contributed by atoms with E-state index in [1.165, 1.54) is 12.1 Å². The maximum absolute atomic E-state index is 14.9. The van der Waals surface area contributed by atoms with Crippen molar-refractivity contribution in [2.45, 2.75) is 57.0 Å². The number of carbonyl (C=O) groups excluding carboxylic acids is 3. The van der Waals surface area contributed by atoms with Crippen LogP contribution in [-0.4, -0.2) is 41.3 Å². The predicted octanol–water partition coefficient (Wildman–Crippen LogP) is 4.95. The Labute approximate surface area is 213 Å². The number of nitrogens with zero attached hydrogens (tertiary/aromatic N) is 1. The van der Waals surface area contributed by atoms with Crippen molar-refractivity contribution in [3.8, 4) is 0 Å². The third-order valence-electron chi connectivity index (χ3n) is 7.12. The van der Waals surface area contributed by atoms with Gasteiger partial charge < -0.3 is 20.5 Å². The summed E-state index contributed by atoms with van der Waals surface area (Å²) in [7, 11) is 0. The third kappa shape index (κ3) is 4.95. The van der Waals surface area contributed by atoms with Crippen LogP contribution in [0.3, 0.4) is 0 Å². The number of H-pyrrole nitrogens is 1. The van der Waals surface area contributed by atoms with Gasteiger partial charge in [-0.05, 0) is 62.4 Å². The molecule has 2 aromatic carbocycles. The molecule has 1 saturated heterocycles. The highest BCUT2D eigenvalue weighted by atomic mass is 35.5. The van der Waals surface area contributed by atoms with Gasteiger partial charge in [0.05, 0.1) is 10.6 Å². The van der Waals surface area contributed by atoms with Crippen molar-refractivity contribution in [1.82, 2.24) is 15.6 Å². The summed E-state index contributed by atoms with van der Waals surface area (Å²) >= 11 is 6.12. The number of aromatic amines is 1. The molecule has 1 saturated carbocycles. The number of fused-ring (bicyclic) bond motifs is 1. The fourth-order valence-electron chi connectivity index (χ4n) is 5.15. The molecule has 1 aliphatic heterocycles. The van der Waals surface area contributed by atoms with Gasteiger partial charge in [0.2, 0.25) is 5.91 Å². The number of carbonyl (C=O) groups is 3. The second kappa shape index (κ2) is 10.3. The number of hydrogen-bond acceptors (Lipinski definition) is 3. The minimum atomic E-state index is -0.668. The highest BCUT2D eigenvalue weighted by Crippen LogP contribution is 2.26. The van der Waals surface area contributed by atoms with Crippen molar-refractivity contribution >= 4 is 45.9 Å². The van der Waals surface area contributed by atoms with Gasteiger partial charge in [0.15, 0.2) is 0 Å². The molecule has 3 N–H and O–H groups in total. The molecule has 0 unspecified atom stereocenters. The van der Waals surface area contributed by atoms with Gasteiger partial charge in [0.25, 0.3) is 11.8 Å². The molecule has 1 aromatic heterocycles. The lowest BCUT2D eigenvalue weighted by atomic mass is 10.1. The van der Waals surface area contributed by atoms with E-state index in [1.54, 1.807) is 35.4 Å². The van der Waals surface area contributed by atoms with Gasteiger partial charge >= 0.3 is 0 Å². The summed E-state index contributed by atoms with van der Waals surface area (Å²) in [5, 5.41) is 7.34. The van der Waals surface area contributed by atoms with Crippen LogP contribution in [-0.2, 0) is 4.79 Å². The topological polar surface area (TPSA) is 94.3 Å². The highest BCUT2D eigenvalue weighted by Gasteiger charge is 2.31. The SMILES string of the molecule is O=C(N[C@@H]1CCC[C@@H]1NC(=O)c1ccc(N2CCCCCC2=O)cc1F)c1ccc2c(Cl)c[nH]c2c1. The molecular weight excluding hydrogens is 483 g/mol. The fraction of sp³-hybridized carbons (Fsp3) is 0.370. The number of hydrogen-bond donors (Lipinski definition) is 3. The summed E-state index contributed by atoms with van der Waals surface area (Å²) in [5.41, 5.74) is 1.65. The molecule has 2 atom stereocenters. The number of nitrogens with one attached hydrogen (secondary N) is 3. The van der Waals surface area contributed by atoms with E-state index in [4.69, 9.17) is 11.6 Å². The van der Waals surface area contributed by atoms with E-state index < -0.39 is 11.7 Å². The summed E-state index contributed by atoms with van der Waals surface area (Å²) in [4.78, 5) is 42.8. The van der Waals surface area contributed by atoms with Crippen LogP contribution >= 0.6 is 11.6 Å². The normalized spacial score (nSPS) is 20.4. The monoisotopic (exact) mass is 510 g/mol. The van der Waals surface area contributed by atoms with E-state index in [9.17, 15) is 18.8 Å². The van der Waals surface area contributed by atoms with Gasteiger partial charge in [-0.25, -0.2) is 4.39 Å². The lowest BCUT2D eigenvalue weighted by Crippen LogP contribution is -2.48. The number of amides is 3. The Balaban J connectivity index is 1.24. The van der Waals surface area contributed by atoms with Gasteiger partial charge in [-0.3, -0.25) is 14.4 Å². The molecule has 188 valence electrons. The average Bonchev–Trinajstić information content (AvgIpc) is 3.38. The van der Waals surface area contributed by atoms with Crippen molar-refractivity contribution in [3.63, 3.8) is 0 Å². The van der Waals surface area contributed by atoms with Crippen LogP contribution in [0.15, 0.2) is 42.6 Å². The summed E-state index contributed by atoms with van der Waals surface area (Å²) in [6.07, 6.45) is 7.04. The molecule has 2 heterocycles. The lowest BCUT2D eigenvalue weighted by molar-refractivity contribution is -0.118. The third-order valence-corrected chi connectivity index (χ3v) is 7.44. The summed E-state index contributed by atoms with van der Waals surface area (Å²) in [6.45, 7) is 0.553. The van der Waals surface area contributed by atoms with Crippen molar-refractivity contribution in [3.05, 3.63) is 64.6 Å². The molecule has 0 spiro atoms. The molecule has 36 heavy (non-hydrogen) atoms. The molecule has 3 amide bonds. The molecule has 1 aliphatic carbocycles. The van der Waals surface area contributed by atoms with E-state index in [1.807, 2.05) is 0 Å². The Bertz CT molecular complexity index is 1320. The number of rotatable bonds is 5. The van der Waals surface area contributed by atoms with Crippen LogP contribution in [0.4, 0.5) is 10.1 Å². The number of aromatic nitrogens is 1. The quantitative estimate of drug-likeness (QED) is 0.453. The number of anilines is 1. The standard InChI is InChI=1S/C27H28ClFN4O3/c28-20-15-30-24-13-16(8-10-18(20)24)26(35)31-22-5-4-6-23(22)32-27(36)19-11-9-17(14-21(19)29)33-12-3-1-2-7-25(33)34/h8-11,13-15,22-23,30H,1-7,12H2,(H,31,35)(H,32,36)/t22-,23+/m1/s1. The smallest absolute Gasteiger partial charge is 0.254 e. The first kappa shape index (κ1) is 24.3. The minimum absolute atomic E-state index is 0.0212. The second-order valence-electron chi connectivity index (χ2n) is 9.51. The van der Waals surface area contributed by atoms with Gasteiger partial charge in [0.1, 0.15) is 5.82 Å². The maximum atomic E-state index is 14.9. The number of halogens is 2. The van der Waals surface area contributed by atoms with E-state index in [0.717, 1.165) is 36.6 Å². The summed E-state index contributed by atoms with van der Waals surface area (Å²) < 4.78 is 14.9. The average molecular weight is 511 g/mol. The summed E-state index contributed by atoms with van der Waals surface area (Å²) in [6, 6.07) is 8.99. The largest absolute Gasteiger partial charge is 0.360 e. The molecule has 5 rings (SSSR count). The zero-order valence-electron chi connectivity index (χ0n) is 19.8. The maximum Gasteiger partial charge on any atom is 0.254 e. The zero-order valence-corrected chi connectivity index (χ0v) is 20.5. The van der Waals surface area contributed by atoms with Crippen molar-refractivity contribution in [1.29, 1.82) is 0 Å². The van der Waals surface area contributed by atoms with Gasteiger partial charge in [0, 0.05) is 53.4 Å². The molecule has 0 bridgehead atoms. The Kier molecular flexibility index (Phi) is 6.96. The Morgan fingerprint density at radius 3 is 2.53 bits per heavy atom. The van der Waals surface area contributed by atoms with Gasteiger partial charge in [-0.2, -0.15) is 0 Å². The Morgan fingerprint density at radius 1 is 0.972 bits per heavy atom. The first-order valence-corrected chi connectivity index (χ1v) is 12.8. The molecule has 3 aromatic rings. The number of benzene rings is 2. The molecular formula is C27H28ClFN4O3. The fourth-order valence-corrected chi connectivity index (χ4v) is 5.37. The lowest BCUT2D eigenvalue weighted by Gasteiger charge is -2.23. The van der Waals surface area contributed by atoms with E-state index in [2.05, 4.69) is 15.6 Å². The molecule has 7 nitrogen and oxygen atoms in total. The first-order chi connectivity index (χ1) is 17.4. The van der Waals surface area contributed by atoms with E-state index in [-0.39, 0.29) is 29.5 Å². The first-order valence-electron chi connectivity index (χ1n) is 12.4. The van der Waals surface area contributed by atoms with Crippen LogP contribution in [0.2, 0.25) is 5.02 Å². The highest BCUT2D eigenvalue weighted by molar-refractivity contribution is 6.35. The second-order valence-corrected chi connectivity index (χ2v) is 9.92. The molecule has 2 fully saturated rings. The predicted molar refractivity (Wildman–Crippen MR) is 137 cm³/mol. The van der Waals surface area contributed by atoms with Crippen molar-refractivity contribution in [2.75, 3.05) is 11.4 Å². The van der Waals surface area contributed by atoms with E-state index >= 15 is 0 Å². The van der Waals surface area contributed by atoms with Gasteiger partial charge in [-0.1, -0.05) is 24.1 Å². The van der Waals surface area contributed by atoms with Gasteiger partial charge in [-0.15, -0.1) is 0 Å². The van der Waals surface area contributed by atoms with Crippen LogP contribution in [0.5, 0.6) is 0 Å². The van der Waals surface area contributed by atoms with Crippen LogP contribution < -0.4 is 15.5 Å². The van der Waals surface area contributed by atoms with Crippen LogP contribution in [0, 0.1) is 5.82 Å². The minimum Gasteiger partial charge on any atom is -0.360 e.